The van der Waals surface area contributed by atoms with Crippen LogP contribution in [-0.4, -0.2) is 40.2 Å². The van der Waals surface area contributed by atoms with Gasteiger partial charge in [0.15, 0.2) is 16.3 Å². The number of nitrogens with one attached hydrogen (secondary N) is 3. The highest BCUT2D eigenvalue weighted by molar-refractivity contribution is 8.22. The van der Waals surface area contributed by atoms with Crippen molar-refractivity contribution in [2.45, 2.75) is 5.16 Å². The van der Waals surface area contributed by atoms with Crippen molar-refractivity contribution >= 4 is 22.1 Å². The van der Waals surface area contributed by atoms with E-state index in [-0.39, 0.29) is 0 Å². The Labute approximate surface area is 128 Å². The Bertz CT molecular complexity index is 893. The molecular formula is C12H17N7O2S. The Morgan fingerprint density at radius 3 is 2.09 bits per heavy atom. The molecule has 0 fully saturated rings. The van der Waals surface area contributed by atoms with Crippen LogP contribution in [0, 0.1) is 0 Å². The highest BCUT2D eigenvalue weighted by Gasteiger charge is 2.22. The van der Waals surface area contributed by atoms with Crippen LogP contribution in [0.15, 0.2) is 37.7 Å². The van der Waals surface area contributed by atoms with Crippen molar-refractivity contribution in [3.8, 4) is 0 Å². The van der Waals surface area contributed by atoms with E-state index in [4.69, 9.17) is 0 Å². The molecule has 2 aromatic heterocycles. The second-order valence-electron chi connectivity index (χ2n) is 4.44. The summed E-state index contributed by atoms with van der Waals surface area (Å²) in [4.78, 5) is 29.4. The van der Waals surface area contributed by atoms with Crippen LogP contribution >= 0.6 is 10.9 Å². The molecule has 118 valence electrons. The molecule has 22 heavy (non-hydrogen) atoms. The van der Waals surface area contributed by atoms with Gasteiger partial charge in [0, 0.05) is 21.1 Å². The minimum Gasteiger partial charge on any atom is -0.326 e. The van der Waals surface area contributed by atoms with Gasteiger partial charge in [-0.15, -0.1) is 0 Å². The maximum absolute atomic E-state index is 12.6. The van der Waals surface area contributed by atoms with Gasteiger partial charge in [0.1, 0.15) is 0 Å². The summed E-state index contributed by atoms with van der Waals surface area (Å²) < 4.78 is 3.81. The molecule has 0 aliphatic carbocycles. The average molecular weight is 323 g/mol. The van der Waals surface area contributed by atoms with Crippen LogP contribution in [0.4, 0.5) is 0 Å². The zero-order valence-electron chi connectivity index (χ0n) is 12.4. The summed E-state index contributed by atoms with van der Waals surface area (Å²) in [5, 5.41) is 4.76. The molecule has 2 aromatic rings. The first kappa shape index (κ1) is 14.3. The second kappa shape index (κ2) is 5.30. The number of imidazole rings is 1. The third-order valence-corrected chi connectivity index (χ3v) is 5.10. The van der Waals surface area contributed by atoms with E-state index >= 15 is 0 Å². The van der Waals surface area contributed by atoms with Crippen LogP contribution in [0.5, 0.6) is 0 Å². The fraction of sp³-hybridized carbons (Fsp3) is 0.250. The minimum atomic E-state index is -0.750. The van der Waals surface area contributed by atoms with Gasteiger partial charge in [-0.3, -0.25) is 4.79 Å². The van der Waals surface area contributed by atoms with Gasteiger partial charge < -0.3 is 16.3 Å². The maximum Gasteiger partial charge on any atom is 0.370 e. The highest BCUT2D eigenvalue weighted by atomic mass is 32.2. The molecule has 0 aromatic carbocycles. The van der Waals surface area contributed by atoms with E-state index in [1.807, 2.05) is 23.0 Å². The summed E-state index contributed by atoms with van der Waals surface area (Å²) in [6.45, 7) is 0. The summed E-state index contributed by atoms with van der Waals surface area (Å²) in [5.41, 5.74) is 7.96. The fourth-order valence-corrected chi connectivity index (χ4v) is 3.96. The average Bonchev–Trinajstić information content (AvgIpc) is 3.15. The lowest BCUT2D eigenvalue weighted by atomic mass is 10.5. The largest absolute Gasteiger partial charge is 0.370 e. The van der Waals surface area contributed by atoms with E-state index in [9.17, 15) is 9.59 Å². The predicted octanol–water partition coefficient (Wildman–Crippen LogP) is -0.719. The Kier molecular flexibility index (Phi) is 3.45. The molecule has 0 atom stereocenters. The SMILES string of the molecule is CNn1c(=O)c2c(nc([SH]3C=CC=C3)n2NC)n(NC)c1=O. The fourth-order valence-electron chi connectivity index (χ4n) is 2.38. The lowest BCUT2D eigenvalue weighted by molar-refractivity contribution is 0.723. The molecule has 0 saturated heterocycles. The Morgan fingerprint density at radius 1 is 0.955 bits per heavy atom. The first-order valence-corrected chi connectivity index (χ1v) is 8.09. The van der Waals surface area contributed by atoms with Gasteiger partial charge in [-0.2, -0.15) is 20.2 Å². The third-order valence-electron chi connectivity index (χ3n) is 3.35. The number of hydrogen-bond donors (Lipinski definition) is 4. The molecule has 0 spiro atoms. The van der Waals surface area contributed by atoms with E-state index in [2.05, 4.69) is 21.3 Å². The van der Waals surface area contributed by atoms with Crippen LogP contribution in [0.2, 0.25) is 0 Å². The summed E-state index contributed by atoms with van der Waals surface area (Å²) in [5.74, 6) is 0. The molecule has 0 bridgehead atoms. The van der Waals surface area contributed by atoms with Crippen molar-refractivity contribution < 1.29 is 0 Å². The Morgan fingerprint density at radius 2 is 1.55 bits per heavy atom. The molecule has 0 radical (unpaired) electrons. The van der Waals surface area contributed by atoms with Gasteiger partial charge in [0.25, 0.3) is 0 Å². The Balaban J connectivity index is 2.46. The number of allylic oxidation sites excluding steroid dienone is 2. The first-order valence-electron chi connectivity index (χ1n) is 6.61. The summed E-state index contributed by atoms with van der Waals surface area (Å²) in [6.07, 6.45) is 3.89. The van der Waals surface area contributed by atoms with Crippen molar-refractivity contribution in [3.63, 3.8) is 0 Å². The van der Waals surface area contributed by atoms with Gasteiger partial charge in [-0.25, -0.2) is 14.5 Å². The van der Waals surface area contributed by atoms with Gasteiger partial charge in [0.05, 0.1) is 0 Å². The van der Waals surface area contributed by atoms with Crippen molar-refractivity contribution in [1.29, 1.82) is 0 Å². The van der Waals surface area contributed by atoms with Crippen LogP contribution in [0.3, 0.4) is 0 Å². The molecule has 3 rings (SSSR count). The van der Waals surface area contributed by atoms with Gasteiger partial charge in [-0.05, 0) is 10.8 Å². The topological polar surface area (TPSA) is 97.9 Å². The standard InChI is InChI=1S/C12H17N7O2S/c1-13-17-8-9(16-11(17)22-6-4-5-7-22)18(14-2)12(21)19(15-3)10(8)20/h4-7,13-15,22H,1-3H3. The number of rotatable bonds is 4. The van der Waals surface area contributed by atoms with E-state index in [0.717, 1.165) is 4.68 Å². The van der Waals surface area contributed by atoms with Crippen molar-refractivity contribution in [1.82, 2.24) is 19.0 Å². The molecule has 10 heteroatoms. The lowest BCUT2D eigenvalue weighted by Crippen LogP contribution is -2.46. The summed E-state index contributed by atoms with van der Waals surface area (Å²) in [7, 11) is 4.08. The molecule has 0 amide bonds. The molecule has 1 aliphatic heterocycles. The monoisotopic (exact) mass is 323 g/mol. The zero-order chi connectivity index (χ0) is 15.9. The number of hydrogen-bond acceptors (Lipinski definition) is 6. The van der Waals surface area contributed by atoms with Crippen molar-refractivity contribution in [3.05, 3.63) is 43.8 Å². The summed E-state index contributed by atoms with van der Waals surface area (Å²) in [6, 6.07) is 0. The summed E-state index contributed by atoms with van der Waals surface area (Å²) >= 11 is 0. The molecule has 3 heterocycles. The van der Waals surface area contributed by atoms with Crippen LogP contribution in [-0.2, 0) is 0 Å². The molecular weight excluding hydrogens is 306 g/mol. The van der Waals surface area contributed by atoms with Crippen LogP contribution in [0.25, 0.3) is 11.2 Å². The van der Waals surface area contributed by atoms with Crippen molar-refractivity contribution in [2.24, 2.45) is 0 Å². The number of aromatic nitrogens is 4. The van der Waals surface area contributed by atoms with Crippen LogP contribution in [0.1, 0.15) is 0 Å². The molecule has 1 aliphatic rings. The van der Waals surface area contributed by atoms with E-state index < -0.39 is 22.1 Å². The first-order chi connectivity index (χ1) is 10.6. The van der Waals surface area contributed by atoms with Gasteiger partial charge >= 0.3 is 11.2 Å². The zero-order valence-corrected chi connectivity index (χ0v) is 13.3. The highest BCUT2D eigenvalue weighted by Crippen LogP contribution is 2.41. The van der Waals surface area contributed by atoms with E-state index in [0.29, 0.717) is 16.3 Å². The Hall–Kier alpha value is -2.62. The smallest absolute Gasteiger partial charge is 0.326 e. The molecule has 9 nitrogen and oxygen atoms in total. The predicted molar refractivity (Wildman–Crippen MR) is 89.6 cm³/mol. The van der Waals surface area contributed by atoms with Crippen LogP contribution < -0.4 is 27.5 Å². The van der Waals surface area contributed by atoms with Crippen molar-refractivity contribution in [2.75, 3.05) is 37.4 Å². The number of thiol groups is 1. The number of fused-ring (bicyclic) bond motifs is 1. The van der Waals surface area contributed by atoms with Gasteiger partial charge in [-0.1, -0.05) is 12.2 Å². The minimum absolute atomic E-state index is 0.296. The van der Waals surface area contributed by atoms with E-state index in [1.165, 1.54) is 11.7 Å². The third kappa shape index (κ3) is 1.84. The normalized spacial score (nSPS) is 14.8. The molecule has 3 N–H and O–H groups in total. The number of nitrogens with zero attached hydrogens (tertiary/aromatic N) is 4. The molecule has 0 saturated carbocycles. The maximum atomic E-state index is 12.6. The lowest BCUT2D eigenvalue weighted by Gasteiger charge is -2.13. The molecule has 0 unspecified atom stereocenters. The van der Waals surface area contributed by atoms with E-state index in [1.54, 1.807) is 18.8 Å². The quantitative estimate of drug-likeness (QED) is 0.555. The second-order valence-corrected chi connectivity index (χ2v) is 6.25. The van der Waals surface area contributed by atoms with Gasteiger partial charge in [0.2, 0.25) is 0 Å².